The Labute approximate surface area is 84.3 Å². The highest BCUT2D eigenvalue weighted by atomic mass is 14.9. The molecule has 0 amide bonds. The summed E-state index contributed by atoms with van der Waals surface area (Å²) in [5.74, 6) is 1.02. The van der Waals surface area contributed by atoms with Gasteiger partial charge in [0, 0.05) is 6.54 Å². The van der Waals surface area contributed by atoms with Crippen molar-refractivity contribution in [2.24, 2.45) is 11.3 Å². The molecule has 1 heterocycles. The molecule has 1 saturated heterocycles. The van der Waals surface area contributed by atoms with E-state index in [9.17, 15) is 0 Å². The first-order chi connectivity index (χ1) is 6.31. The molecule has 1 aliphatic heterocycles. The predicted molar refractivity (Wildman–Crippen MR) is 61.0 cm³/mol. The summed E-state index contributed by atoms with van der Waals surface area (Å²) in [5.41, 5.74) is 0.777. The van der Waals surface area contributed by atoms with Gasteiger partial charge in [0.15, 0.2) is 0 Å². The number of hydrogen-bond donors (Lipinski definition) is 1. The molecule has 1 spiro atoms. The second-order valence-corrected chi connectivity index (χ2v) is 3.94. The van der Waals surface area contributed by atoms with Crippen LogP contribution in [0.25, 0.3) is 0 Å². The molecule has 80 valence electrons. The van der Waals surface area contributed by atoms with Gasteiger partial charge in [-0.3, -0.25) is 0 Å². The molecule has 0 atom stereocenters. The quantitative estimate of drug-likeness (QED) is 0.609. The Morgan fingerprint density at radius 3 is 1.92 bits per heavy atom. The molecule has 1 aliphatic carbocycles. The Morgan fingerprint density at radius 1 is 1.08 bits per heavy atom. The third kappa shape index (κ3) is 3.30. The van der Waals surface area contributed by atoms with Gasteiger partial charge in [0.25, 0.3) is 0 Å². The van der Waals surface area contributed by atoms with Gasteiger partial charge in [0.05, 0.1) is 0 Å². The van der Waals surface area contributed by atoms with Crippen molar-refractivity contribution in [1.82, 2.24) is 5.32 Å². The van der Waals surface area contributed by atoms with Crippen LogP contribution in [0, 0.1) is 11.3 Å². The van der Waals surface area contributed by atoms with Gasteiger partial charge in [0.2, 0.25) is 0 Å². The third-order valence-electron chi connectivity index (χ3n) is 2.90. The minimum atomic E-state index is 0.777. The molecule has 1 nitrogen and oxygen atoms in total. The molecule has 0 radical (unpaired) electrons. The minimum Gasteiger partial charge on any atom is -0.316 e. The second-order valence-electron chi connectivity index (χ2n) is 3.94. The fourth-order valence-electron chi connectivity index (χ4n) is 2.56. The van der Waals surface area contributed by atoms with Crippen LogP contribution in [-0.4, -0.2) is 13.1 Å². The van der Waals surface area contributed by atoms with Gasteiger partial charge in [-0.05, 0) is 37.1 Å². The third-order valence-corrected chi connectivity index (χ3v) is 2.90. The summed E-state index contributed by atoms with van der Waals surface area (Å²) in [7, 11) is 0. The lowest BCUT2D eigenvalue weighted by Crippen LogP contribution is -2.37. The zero-order valence-corrected chi connectivity index (χ0v) is 10.1. The normalized spacial score (nSPS) is 35.3. The molecule has 2 rings (SSSR count). The molecule has 0 bridgehead atoms. The van der Waals surface area contributed by atoms with E-state index in [0.717, 1.165) is 11.3 Å². The Hall–Kier alpha value is -0.0400. The lowest BCUT2D eigenvalue weighted by molar-refractivity contribution is 0.0897. The first kappa shape index (κ1) is 13.0. The molecular weight excluding hydrogens is 158 g/mol. The maximum absolute atomic E-state index is 3.44. The van der Waals surface area contributed by atoms with E-state index in [1.54, 1.807) is 0 Å². The Balaban J connectivity index is 0.000000322. The van der Waals surface area contributed by atoms with Crippen LogP contribution in [0.4, 0.5) is 0 Å². The van der Waals surface area contributed by atoms with Gasteiger partial charge in [-0.25, -0.2) is 0 Å². The second kappa shape index (κ2) is 6.42. The summed E-state index contributed by atoms with van der Waals surface area (Å²) >= 11 is 0. The molecule has 1 heteroatoms. The Kier molecular flexibility index (Phi) is 6.40. The summed E-state index contributed by atoms with van der Waals surface area (Å²) in [4.78, 5) is 0. The monoisotopic (exact) mass is 185 g/mol. The van der Waals surface area contributed by atoms with Crippen molar-refractivity contribution < 1.29 is 0 Å². The molecule has 0 aromatic carbocycles. The van der Waals surface area contributed by atoms with Crippen molar-refractivity contribution in [2.75, 3.05) is 13.1 Å². The van der Waals surface area contributed by atoms with E-state index in [1.807, 2.05) is 27.7 Å². The van der Waals surface area contributed by atoms with Crippen LogP contribution in [0.5, 0.6) is 0 Å². The molecule has 0 aromatic rings. The van der Waals surface area contributed by atoms with Crippen molar-refractivity contribution in [3.8, 4) is 0 Å². The Bertz CT molecular complexity index is 106. The lowest BCUT2D eigenvalue weighted by Gasteiger charge is -2.43. The van der Waals surface area contributed by atoms with E-state index in [2.05, 4.69) is 12.2 Å². The van der Waals surface area contributed by atoms with Crippen LogP contribution in [0.15, 0.2) is 0 Å². The molecule has 13 heavy (non-hydrogen) atoms. The van der Waals surface area contributed by atoms with Crippen molar-refractivity contribution in [3.63, 3.8) is 0 Å². The van der Waals surface area contributed by atoms with Crippen LogP contribution < -0.4 is 5.32 Å². The van der Waals surface area contributed by atoms with Gasteiger partial charge < -0.3 is 5.32 Å². The first-order valence-electron chi connectivity index (χ1n) is 6.02. The van der Waals surface area contributed by atoms with Gasteiger partial charge in [0.1, 0.15) is 0 Å². The van der Waals surface area contributed by atoms with E-state index in [-0.39, 0.29) is 0 Å². The van der Waals surface area contributed by atoms with Gasteiger partial charge >= 0.3 is 0 Å². The summed E-state index contributed by atoms with van der Waals surface area (Å²) in [6.45, 7) is 12.9. The largest absolute Gasteiger partial charge is 0.316 e. The average molecular weight is 185 g/mol. The summed E-state index contributed by atoms with van der Waals surface area (Å²) in [6.07, 6.45) is 4.41. The Morgan fingerprint density at radius 2 is 1.62 bits per heavy atom. The van der Waals surface area contributed by atoms with E-state index < -0.39 is 0 Å². The summed E-state index contributed by atoms with van der Waals surface area (Å²) < 4.78 is 0. The fraction of sp³-hybridized carbons (Fsp3) is 1.00. The molecule has 1 N–H and O–H groups in total. The molecular formula is C12H27N. The molecule has 0 aromatic heterocycles. The number of hydrogen-bond acceptors (Lipinski definition) is 1. The van der Waals surface area contributed by atoms with Crippen LogP contribution in [-0.2, 0) is 0 Å². The topological polar surface area (TPSA) is 12.0 Å². The van der Waals surface area contributed by atoms with Gasteiger partial charge in [-0.2, -0.15) is 0 Å². The van der Waals surface area contributed by atoms with Crippen LogP contribution in [0.1, 0.15) is 53.9 Å². The zero-order chi connectivity index (χ0) is 10.3. The van der Waals surface area contributed by atoms with E-state index >= 15 is 0 Å². The van der Waals surface area contributed by atoms with E-state index in [0.29, 0.717) is 0 Å². The maximum Gasteiger partial charge on any atom is 0.000849 e. The SMILES string of the molecule is CC.CC.CC1CC2(CCNC2)C1. The average Bonchev–Trinajstić information content (AvgIpc) is 2.60. The molecule has 1 saturated carbocycles. The smallest absolute Gasteiger partial charge is 0.000849 e. The highest BCUT2D eigenvalue weighted by Gasteiger charge is 2.43. The summed E-state index contributed by atoms with van der Waals surface area (Å²) in [5, 5.41) is 3.44. The van der Waals surface area contributed by atoms with Crippen molar-refractivity contribution >= 4 is 0 Å². The molecule has 0 unspecified atom stereocenters. The fourth-order valence-corrected chi connectivity index (χ4v) is 2.56. The van der Waals surface area contributed by atoms with Crippen molar-refractivity contribution in [3.05, 3.63) is 0 Å². The highest BCUT2D eigenvalue weighted by molar-refractivity contribution is 4.97. The van der Waals surface area contributed by atoms with Gasteiger partial charge in [-0.15, -0.1) is 0 Å². The summed E-state index contributed by atoms with van der Waals surface area (Å²) in [6, 6.07) is 0. The van der Waals surface area contributed by atoms with Crippen LogP contribution in [0.3, 0.4) is 0 Å². The van der Waals surface area contributed by atoms with E-state index in [1.165, 1.54) is 32.4 Å². The number of nitrogens with one attached hydrogen (secondary N) is 1. The van der Waals surface area contributed by atoms with Gasteiger partial charge in [-0.1, -0.05) is 34.6 Å². The van der Waals surface area contributed by atoms with E-state index in [4.69, 9.17) is 0 Å². The maximum atomic E-state index is 3.44. The molecule has 2 aliphatic rings. The van der Waals surface area contributed by atoms with Crippen molar-refractivity contribution in [2.45, 2.75) is 53.9 Å². The zero-order valence-electron chi connectivity index (χ0n) is 10.1. The molecule has 2 fully saturated rings. The first-order valence-corrected chi connectivity index (χ1v) is 6.02. The lowest BCUT2D eigenvalue weighted by atomic mass is 9.62. The van der Waals surface area contributed by atoms with Crippen LogP contribution >= 0.6 is 0 Å². The van der Waals surface area contributed by atoms with Crippen molar-refractivity contribution in [1.29, 1.82) is 0 Å². The minimum absolute atomic E-state index is 0.777. The number of rotatable bonds is 0. The standard InChI is InChI=1S/C8H15N.2C2H6/c1-7-4-8(5-7)2-3-9-6-8;2*1-2/h7,9H,2-6H2,1H3;2*1-2H3. The van der Waals surface area contributed by atoms with Crippen LogP contribution in [0.2, 0.25) is 0 Å². The predicted octanol–water partition coefficient (Wildman–Crippen LogP) is 3.45. The highest BCUT2D eigenvalue weighted by Crippen LogP contribution is 2.49.